The van der Waals surface area contributed by atoms with Gasteiger partial charge in [-0.05, 0) is 45.3 Å². The van der Waals surface area contributed by atoms with E-state index in [2.05, 4.69) is 45.9 Å². The molecule has 1 atom stereocenters. The normalized spacial score (nSPS) is 17.1. The molecule has 1 aliphatic heterocycles. The molecule has 2 rings (SSSR count). The zero-order valence-electron chi connectivity index (χ0n) is 21.4. The highest BCUT2D eigenvalue weighted by atomic mass is 32.1. The molecule has 1 aromatic rings. The van der Waals surface area contributed by atoms with Gasteiger partial charge < -0.3 is 18.6 Å². The quantitative estimate of drug-likeness (QED) is 0.227. The maximum absolute atomic E-state index is 12.9. The number of aromatic nitrogens is 1. The smallest absolute Gasteiger partial charge is 0.410 e. The van der Waals surface area contributed by atoms with Crippen LogP contribution >= 0.6 is 11.3 Å². The molecular weight excluding hydrogens is 458 g/mol. The number of ether oxygens (including phenoxy) is 1. The third kappa shape index (κ3) is 7.51. The van der Waals surface area contributed by atoms with Gasteiger partial charge in [0.05, 0.1) is 29.8 Å². The second-order valence-electron chi connectivity index (χ2n) is 10.9. The minimum atomic E-state index is -1.84. The number of carbonyl (C=O) groups is 1. The first-order valence-electron chi connectivity index (χ1n) is 11.5. The molecule has 1 unspecified atom stereocenters. The fraction of sp³-hybridized carbons (Fsp3) is 0.739. The summed E-state index contributed by atoms with van der Waals surface area (Å²) in [6.07, 6.45) is 1.96. The van der Waals surface area contributed by atoms with E-state index in [9.17, 15) is 9.59 Å². The van der Waals surface area contributed by atoms with Crippen LogP contribution < -0.4 is 10.4 Å². The van der Waals surface area contributed by atoms with E-state index < -0.39 is 20.0 Å². The van der Waals surface area contributed by atoms with Crippen LogP contribution in [0.4, 0.5) is 4.79 Å². The predicted molar refractivity (Wildman–Crippen MR) is 135 cm³/mol. The molecule has 33 heavy (non-hydrogen) atoms. The number of nitrogens with one attached hydrogen (secondary N) is 1. The topological polar surface area (TPSA) is 82.0 Å². The molecule has 0 aromatic carbocycles. The number of amides is 1. The second-order valence-corrected chi connectivity index (χ2v) is 16.7. The van der Waals surface area contributed by atoms with Crippen molar-refractivity contribution in [1.29, 1.82) is 0 Å². The number of rotatable bonds is 9. The summed E-state index contributed by atoms with van der Waals surface area (Å²) >= 11 is 1.21. The van der Waals surface area contributed by atoms with E-state index in [1.165, 1.54) is 11.3 Å². The maximum atomic E-state index is 12.9. The van der Waals surface area contributed by atoms with E-state index >= 15 is 0 Å². The minimum absolute atomic E-state index is 0.0334. The molecule has 1 aromatic heterocycles. The molecule has 1 amide bonds. The van der Waals surface area contributed by atoms with Gasteiger partial charge in [0.25, 0.3) is 0 Å². The molecular formula is C23H41N3O5SSi. The van der Waals surface area contributed by atoms with Gasteiger partial charge in [0.2, 0.25) is 0 Å². The van der Waals surface area contributed by atoms with Crippen LogP contribution in [0.2, 0.25) is 18.1 Å². The van der Waals surface area contributed by atoms with E-state index in [4.69, 9.17) is 14.0 Å². The molecule has 0 bridgehead atoms. The monoisotopic (exact) mass is 499 g/mol. The highest BCUT2D eigenvalue weighted by Crippen LogP contribution is 2.36. The van der Waals surface area contributed by atoms with E-state index in [1.54, 1.807) is 15.5 Å². The van der Waals surface area contributed by atoms with Crippen LogP contribution in [0.15, 0.2) is 17.4 Å². The number of hydrogen-bond donors (Lipinski definition) is 1. The lowest BCUT2D eigenvalue weighted by atomic mass is 10.1. The first kappa shape index (κ1) is 27.8. The van der Waals surface area contributed by atoms with Crippen molar-refractivity contribution in [2.75, 3.05) is 19.8 Å². The third-order valence-electron chi connectivity index (χ3n) is 5.96. The Balaban J connectivity index is 2.19. The average Bonchev–Trinajstić information content (AvgIpc) is 2.98. The standard InChI is InChI=1S/C23H41N3O5SSi/c1-10-13-29-24-17-15-25(20(27)31-22(2,3)4)16-18-19(17)32-21(28)26(18)12-11-14-30-33(8,9)23(5,6)7/h10,17,24H,1,11-16H2,2-9H3. The van der Waals surface area contributed by atoms with Gasteiger partial charge >= 0.3 is 11.0 Å². The number of thiazole rings is 1. The molecule has 0 fully saturated rings. The van der Waals surface area contributed by atoms with Gasteiger partial charge in [-0.15, -0.1) is 6.58 Å². The fourth-order valence-electron chi connectivity index (χ4n) is 3.19. The van der Waals surface area contributed by atoms with Gasteiger partial charge in [0.15, 0.2) is 8.32 Å². The molecule has 2 heterocycles. The Hall–Kier alpha value is -1.46. The fourth-order valence-corrected chi connectivity index (χ4v) is 5.34. The first-order valence-corrected chi connectivity index (χ1v) is 15.2. The number of carbonyl (C=O) groups excluding carboxylic acids is 1. The number of fused-ring (bicyclic) bond motifs is 1. The van der Waals surface area contributed by atoms with Gasteiger partial charge in [-0.1, -0.05) is 38.2 Å². The largest absolute Gasteiger partial charge is 0.444 e. The zero-order chi connectivity index (χ0) is 25.0. The van der Waals surface area contributed by atoms with E-state index in [0.717, 1.165) is 17.0 Å². The first-order chi connectivity index (χ1) is 15.2. The minimum Gasteiger partial charge on any atom is -0.444 e. The number of nitrogens with zero attached hydrogens (tertiary/aromatic N) is 2. The molecule has 0 saturated heterocycles. The van der Waals surface area contributed by atoms with Crippen molar-refractivity contribution in [3.63, 3.8) is 0 Å². The Morgan fingerprint density at radius 1 is 1.27 bits per heavy atom. The Morgan fingerprint density at radius 3 is 2.52 bits per heavy atom. The Bertz CT molecular complexity index is 882. The van der Waals surface area contributed by atoms with Gasteiger partial charge in [0, 0.05) is 19.7 Å². The van der Waals surface area contributed by atoms with Crippen molar-refractivity contribution < 1.29 is 18.8 Å². The summed E-state index contributed by atoms with van der Waals surface area (Å²) < 4.78 is 13.6. The predicted octanol–water partition coefficient (Wildman–Crippen LogP) is 4.82. The van der Waals surface area contributed by atoms with E-state index in [-0.39, 0.29) is 16.0 Å². The van der Waals surface area contributed by atoms with Crippen molar-refractivity contribution >= 4 is 25.7 Å². The SMILES string of the molecule is C=CCONC1CN(C(=O)OC(C)(C)C)Cc2c1sc(=O)n2CCCO[Si](C)(C)C(C)(C)C. The van der Waals surface area contributed by atoms with Gasteiger partial charge in [-0.2, -0.15) is 5.48 Å². The van der Waals surface area contributed by atoms with Crippen LogP contribution in [-0.4, -0.2) is 49.2 Å². The van der Waals surface area contributed by atoms with Crippen LogP contribution in [0.25, 0.3) is 0 Å². The van der Waals surface area contributed by atoms with E-state index in [0.29, 0.717) is 32.8 Å². The highest BCUT2D eigenvalue weighted by molar-refractivity contribution is 7.09. The molecule has 1 aliphatic rings. The van der Waals surface area contributed by atoms with Crippen LogP contribution in [-0.2, 0) is 27.1 Å². The average molecular weight is 500 g/mol. The van der Waals surface area contributed by atoms with Crippen molar-refractivity contribution in [2.45, 2.75) is 90.8 Å². The molecule has 1 N–H and O–H groups in total. The third-order valence-corrected chi connectivity index (χ3v) is 11.6. The summed E-state index contributed by atoms with van der Waals surface area (Å²) in [5.41, 5.74) is 3.21. The van der Waals surface area contributed by atoms with Crippen LogP contribution in [0, 0.1) is 0 Å². The summed E-state index contributed by atoms with van der Waals surface area (Å²) in [7, 11) is -1.84. The Labute approximate surface area is 203 Å². The molecule has 0 spiro atoms. The number of hydroxylamine groups is 1. The van der Waals surface area contributed by atoms with Gasteiger partial charge in [0.1, 0.15) is 5.60 Å². The maximum Gasteiger partial charge on any atom is 0.410 e. The highest BCUT2D eigenvalue weighted by Gasteiger charge is 2.37. The molecule has 10 heteroatoms. The summed E-state index contributed by atoms with van der Waals surface area (Å²) in [5.74, 6) is 0. The number of hydrogen-bond acceptors (Lipinski definition) is 7. The lowest BCUT2D eigenvalue weighted by Crippen LogP contribution is -2.45. The summed E-state index contributed by atoms with van der Waals surface area (Å²) in [6, 6.07) is -0.316. The van der Waals surface area contributed by atoms with Crippen LogP contribution in [0.5, 0.6) is 0 Å². The van der Waals surface area contributed by atoms with Crippen molar-refractivity contribution in [3.8, 4) is 0 Å². The molecule has 188 valence electrons. The second kappa shape index (κ2) is 10.9. The molecule has 0 aliphatic carbocycles. The van der Waals surface area contributed by atoms with Gasteiger partial charge in [-0.25, -0.2) is 4.79 Å². The molecule has 0 radical (unpaired) electrons. The molecule has 0 saturated carbocycles. The summed E-state index contributed by atoms with van der Waals surface area (Å²) in [6.45, 7) is 22.4. The lowest BCUT2D eigenvalue weighted by Gasteiger charge is -2.36. The van der Waals surface area contributed by atoms with Gasteiger partial charge in [-0.3, -0.25) is 9.63 Å². The lowest BCUT2D eigenvalue weighted by molar-refractivity contribution is -0.00183. The van der Waals surface area contributed by atoms with Crippen molar-refractivity contribution in [3.05, 3.63) is 32.9 Å². The zero-order valence-corrected chi connectivity index (χ0v) is 23.3. The van der Waals surface area contributed by atoms with Crippen LogP contribution in [0.3, 0.4) is 0 Å². The van der Waals surface area contributed by atoms with Crippen LogP contribution in [0.1, 0.15) is 64.6 Å². The summed E-state index contributed by atoms with van der Waals surface area (Å²) in [4.78, 5) is 33.6. The summed E-state index contributed by atoms with van der Waals surface area (Å²) in [5, 5.41) is 0.142. The molecule has 8 nitrogen and oxygen atoms in total. The van der Waals surface area contributed by atoms with Crippen molar-refractivity contribution in [1.82, 2.24) is 14.9 Å². The Kier molecular flexibility index (Phi) is 9.14. The Morgan fingerprint density at radius 2 is 1.94 bits per heavy atom. The van der Waals surface area contributed by atoms with Crippen molar-refractivity contribution in [2.24, 2.45) is 0 Å². The van der Waals surface area contributed by atoms with E-state index in [1.807, 2.05) is 20.8 Å².